The van der Waals surface area contributed by atoms with Crippen LogP contribution < -0.4 is 5.73 Å². The molecule has 0 bridgehead atoms. The second-order valence-corrected chi connectivity index (χ2v) is 5.81. The van der Waals surface area contributed by atoms with Gasteiger partial charge in [-0.15, -0.1) is 0 Å². The zero-order valence-corrected chi connectivity index (χ0v) is 13.2. The highest BCUT2D eigenvalue weighted by atomic mass is 15.2. The highest BCUT2D eigenvalue weighted by Crippen LogP contribution is 2.20. The van der Waals surface area contributed by atoms with Crippen LogP contribution in [-0.2, 0) is 12.8 Å². The number of benzene rings is 1. The molecule has 2 N–H and O–H groups in total. The lowest BCUT2D eigenvalue weighted by Crippen LogP contribution is -2.56. The molecule has 0 aromatic heterocycles. The average molecular weight is 262 g/mol. The maximum Gasteiger partial charge on any atom is 0.0307 e. The van der Waals surface area contributed by atoms with Gasteiger partial charge in [-0.25, -0.2) is 0 Å². The summed E-state index contributed by atoms with van der Waals surface area (Å²) in [5, 5.41) is 0. The lowest BCUT2D eigenvalue weighted by atomic mass is 9.88. The van der Waals surface area contributed by atoms with Crippen LogP contribution in [0.3, 0.4) is 0 Å². The molecule has 0 spiro atoms. The maximum absolute atomic E-state index is 6.46. The average Bonchev–Trinajstić information content (AvgIpc) is 2.40. The van der Waals surface area contributed by atoms with E-state index in [1.807, 2.05) is 0 Å². The molecule has 1 aromatic rings. The summed E-state index contributed by atoms with van der Waals surface area (Å²) in [6.45, 7) is 13.2. The number of rotatable bonds is 7. The summed E-state index contributed by atoms with van der Waals surface area (Å²) in [7, 11) is 0. The molecule has 2 nitrogen and oxygen atoms in total. The van der Waals surface area contributed by atoms with Gasteiger partial charge < -0.3 is 5.73 Å². The van der Waals surface area contributed by atoms with E-state index in [0.29, 0.717) is 0 Å². The molecule has 1 unspecified atom stereocenters. The number of nitrogens with two attached hydrogens (primary N) is 1. The predicted octanol–water partition coefficient (Wildman–Crippen LogP) is 3.24. The quantitative estimate of drug-likeness (QED) is 0.817. The van der Waals surface area contributed by atoms with Crippen molar-refractivity contribution in [3.8, 4) is 0 Å². The van der Waals surface area contributed by atoms with Gasteiger partial charge in [0.25, 0.3) is 0 Å². The molecule has 2 heteroatoms. The molecule has 1 aromatic carbocycles. The molecule has 1 atom stereocenters. The Morgan fingerprint density at radius 3 is 1.89 bits per heavy atom. The van der Waals surface area contributed by atoms with Gasteiger partial charge in [-0.1, -0.05) is 45.0 Å². The highest BCUT2D eigenvalue weighted by Gasteiger charge is 2.31. The molecule has 0 aliphatic carbocycles. The van der Waals surface area contributed by atoms with E-state index in [0.717, 1.165) is 25.9 Å². The van der Waals surface area contributed by atoms with Gasteiger partial charge in [0, 0.05) is 11.6 Å². The van der Waals surface area contributed by atoms with Crippen LogP contribution in [0.1, 0.15) is 45.7 Å². The van der Waals surface area contributed by atoms with Crippen molar-refractivity contribution in [2.75, 3.05) is 13.1 Å². The minimum atomic E-state index is 0.0347. The van der Waals surface area contributed by atoms with E-state index in [-0.39, 0.29) is 11.6 Å². The smallest absolute Gasteiger partial charge is 0.0307 e. The molecule has 0 radical (unpaired) electrons. The van der Waals surface area contributed by atoms with E-state index in [4.69, 9.17) is 5.73 Å². The van der Waals surface area contributed by atoms with Crippen LogP contribution in [-0.4, -0.2) is 29.6 Å². The molecule has 0 heterocycles. The Kier molecular flexibility index (Phi) is 6.02. The van der Waals surface area contributed by atoms with Crippen molar-refractivity contribution in [2.24, 2.45) is 5.73 Å². The summed E-state index contributed by atoms with van der Waals surface area (Å²) < 4.78 is 0. The first-order valence-electron chi connectivity index (χ1n) is 7.54. The van der Waals surface area contributed by atoms with Crippen molar-refractivity contribution in [2.45, 2.75) is 59.0 Å². The van der Waals surface area contributed by atoms with Crippen molar-refractivity contribution < 1.29 is 0 Å². The molecule has 108 valence electrons. The van der Waals surface area contributed by atoms with E-state index >= 15 is 0 Å². The number of hydrogen-bond acceptors (Lipinski definition) is 2. The van der Waals surface area contributed by atoms with E-state index in [2.05, 4.69) is 63.8 Å². The standard InChI is InChI=1S/C17H30N2/c1-6-14-9-11-15(12-10-14)13-16(18)17(4,5)19(7-2)8-3/h9-12,16H,6-8,13,18H2,1-5H3. The van der Waals surface area contributed by atoms with Crippen LogP contribution in [0.5, 0.6) is 0 Å². The van der Waals surface area contributed by atoms with Gasteiger partial charge in [0.05, 0.1) is 0 Å². The second kappa shape index (κ2) is 7.06. The van der Waals surface area contributed by atoms with E-state index in [9.17, 15) is 0 Å². The first kappa shape index (κ1) is 16.2. The van der Waals surface area contributed by atoms with E-state index in [1.54, 1.807) is 0 Å². The lowest BCUT2D eigenvalue weighted by molar-refractivity contribution is 0.106. The number of likely N-dealkylation sites (N-methyl/N-ethyl adjacent to an activating group) is 1. The Bertz CT molecular complexity index is 363. The molecular formula is C17H30N2. The van der Waals surface area contributed by atoms with E-state index in [1.165, 1.54) is 11.1 Å². The van der Waals surface area contributed by atoms with Crippen molar-refractivity contribution in [1.82, 2.24) is 4.90 Å². The zero-order valence-electron chi connectivity index (χ0n) is 13.2. The van der Waals surface area contributed by atoms with Crippen LogP contribution in [0.4, 0.5) is 0 Å². The van der Waals surface area contributed by atoms with Crippen LogP contribution in [0.2, 0.25) is 0 Å². The fourth-order valence-corrected chi connectivity index (χ4v) is 2.69. The fourth-order valence-electron chi connectivity index (χ4n) is 2.69. The van der Waals surface area contributed by atoms with Gasteiger partial charge in [0.2, 0.25) is 0 Å². The summed E-state index contributed by atoms with van der Waals surface area (Å²) in [6, 6.07) is 9.02. The molecule has 0 amide bonds. The topological polar surface area (TPSA) is 29.3 Å². The minimum absolute atomic E-state index is 0.0347. The predicted molar refractivity (Wildman–Crippen MR) is 84.5 cm³/mol. The maximum atomic E-state index is 6.46. The Morgan fingerprint density at radius 1 is 1.00 bits per heavy atom. The molecular weight excluding hydrogens is 232 g/mol. The van der Waals surface area contributed by atoms with Gasteiger partial charge in [-0.2, -0.15) is 0 Å². The summed E-state index contributed by atoms with van der Waals surface area (Å²) >= 11 is 0. The van der Waals surface area contributed by atoms with Gasteiger partial charge >= 0.3 is 0 Å². The molecule has 0 fully saturated rings. The largest absolute Gasteiger partial charge is 0.326 e. The van der Waals surface area contributed by atoms with Gasteiger partial charge in [-0.3, -0.25) is 4.90 Å². The normalized spacial score (nSPS) is 13.8. The van der Waals surface area contributed by atoms with Crippen LogP contribution >= 0.6 is 0 Å². The first-order chi connectivity index (χ1) is 8.95. The van der Waals surface area contributed by atoms with Crippen LogP contribution in [0.15, 0.2) is 24.3 Å². The zero-order chi connectivity index (χ0) is 14.5. The van der Waals surface area contributed by atoms with Crippen molar-refractivity contribution in [3.63, 3.8) is 0 Å². The Morgan fingerprint density at radius 2 is 1.47 bits per heavy atom. The summed E-state index contributed by atoms with van der Waals surface area (Å²) in [5.41, 5.74) is 9.23. The Balaban J connectivity index is 2.74. The minimum Gasteiger partial charge on any atom is -0.326 e. The summed E-state index contributed by atoms with van der Waals surface area (Å²) in [6.07, 6.45) is 2.03. The van der Waals surface area contributed by atoms with Gasteiger partial charge in [0.1, 0.15) is 0 Å². The summed E-state index contributed by atoms with van der Waals surface area (Å²) in [5.74, 6) is 0. The first-order valence-corrected chi connectivity index (χ1v) is 7.54. The van der Waals surface area contributed by atoms with Crippen molar-refractivity contribution in [1.29, 1.82) is 0 Å². The van der Waals surface area contributed by atoms with Crippen LogP contribution in [0, 0.1) is 0 Å². The van der Waals surface area contributed by atoms with Crippen LogP contribution in [0.25, 0.3) is 0 Å². The second-order valence-electron chi connectivity index (χ2n) is 5.81. The van der Waals surface area contributed by atoms with Crippen molar-refractivity contribution >= 4 is 0 Å². The van der Waals surface area contributed by atoms with Crippen molar-refractivity contribution in [3.05, 3.63) is 35.4 Å². The molecule has 0 aliphatic heterocycles. The molecule has 0 saturated carbocycles. The molecule has 0 saturated heterocycles. The number of nitrogens with zero attached hydrogens (tertiary/aromatic N) is 1. The Labute approximate surface area is 119 Å². The Hall–Kier alpha value is -0.860. The third-order valence-electron chi connectivity index (χ3n) is 4.37. The molecule has 1 rings (SSSR count). The monoisotopic (exact) mass is 262 g/mol. The summed E-state index contributed by atoms with van der Waals surface area (Å²) in [4.78, 5) is 2.44. The highest BCUT2D eigenvalue weighted by molar-refractivity contribution is 5.23. The van der Waals surface area contributed by atoms with E-state index < -0.39 is 0 Å². The fraction of sp³-hybridized carbons (Fsp3) is 0.647. The molecule has 0 aliphatic rings. The molecule has 19 heavy (non-hydrogen) atoms. The third-order valence-corrected chi connectivity index (χ3v) is 4.37. The third kappa shape index (κ3) is 4.05. The van der Waals surface area contributed by atoms with Gasteiger partial charge in [-0.05, 0) is 50.9 Å². The SMILES string of the molecule is CCc1ccc(CC(N)C(C)(C)N(CC)CC)cc1. The van der Waals surface area contributed by atoms with Gasteiger partial charge in [0.15, 0.2) is 0 Å². The number of aryl methyl sites for hydroxylation is 1. The lowest BCUT2D eigenvalue weighted by Gasteiger charge is -2.42. The number of hydrogen-bond donors (Lipinski definition) is 1.